The van der Waals surface area contributed by atoms with Crippen molar-refractivity contribution in [3.05, 3.63) is 96.1 Å². The molecule has 0 amide bonds. The smallest absolute Gasteiger partial charge is 0.0467 e. The molecule has 3 rings (SSSR count). The third kappa shape index (κ3) is 6.60. The topological polar surface area (TPSA) is 3.24 Å². The van der Waals surface area contributed by atoms with E-state index in [1.807, 2.05) is 19.9 Å². The van der Waals surface area contributed by atoms with Gasteiger partial charge in [0.05, 0.1) is 0 Å². The van der Waals surface area contributed by atoms with E-state index >= 15 is 0 Å². The van der Waals surface area contributed by atoms with Crippen molar-refractivity contribution >= 4 is 23.1 Å². The zero-order valence-corrected chi connectivity index (χ0v) is 21.9. The minimum Gasteiger partial charge on any atom is -0.310 e. The average molecular weight is 442 g/mol. The Labute approximate surface area is 203 Å². The van der Waals surface area contributed by atoms with Crippen LogP contribution in [0.15, 0.2) is 79.4 Å². The average Bonchev–Trinajstić information content (AvgIpc) is 2.86. The summed E-state index contributed by atoms with van der Waals surface area (Å²) in [6.07, 6.45) is 5.44. The molecule has 3 aromatic carbocycles. The van der Waals surface area contributed by atoms with Crippen LogP contribution in [0.4, 0.5) is 17.1 Å². The van der Waals surface area contributed by atoms with Crippen LogP contribution >= 0.6 is 0 Å². The minimum atomic E-state index is 0.193. The van der Waals surface area contributed by atoms with Crippen molar-refractivity contribution in [3.63, 3.8) is 0 Å². The maximum absolute atomic E-state index is 3.95. The molecule has 0 N–H and O–H groups in total. The van der Waals surface area contributed by atoms with Gasteiger partial charge in [-0.25, -0.2) is 0 Å². The third-order valence-electron chi connectivity index (χ3n) is 6.48. The molecule has 1 unspecified atom stereocenters. The number of anilines is 3. The Hall–Kier alpha value is -2.80. The molecule has 0 saturated carbocycles. The van der Waals surface area contributed by atoms with E-state index in [2.05, 4.69) is 119 Å². The molecule has 0 fully saturated rings. The summed E-state index contributed by atoms with van der Waals surface area (Å²) < 4.78 is 0. The highest BCUT2D eigenvalue weighted by molar-refractivity contribution is 5.78. The van der Waals surface area contributed by atoms with E-state index in [-0.39, 0.29) is 5.41 Å². The fourth-order valence-corrected chi connectivity index (χ4v) is 4.26. The maximum Gasteiger partial charge on any atom is 0.0467 e. The number of hydrogen-bond donors (Lipinski definition) is 0. The standard InChI is InChI=1S/C30H37N.C2H6/c1-7-21-30(5,6)26-15-19-28(20-16-26)31(29-12-10-11-24(9-3)22-29)27-17-13-25(14-18-27)23(4)8-2;1-2/h9-20,22-23H,3,7-8,21H2,1-2,4-6H3;1-2H3. The Balaban J connectivity index is 0.00000187. The van der Waals surface area contributed by atoms with E-state index in [9.17, 15) is 0 Å². The van der Waals surface area contributed by atoms with Crippen LogP contribution in [-0.2, 0) is 5.41 Å². The van der Waals surface area contributed by atoms with E-state index < -0.39 is 0 Å². The second-order valence-corrected chi connectivity index (χ2v) is 9.22. The van der Waals surface area contributed by atoms with Crippen molar-refractivity contribution in [2.75, 3.05) is 4.90 Å². The van der Waals surface area contributed by atoms with Crippen LogP contribution < -0.4 is 4.90 Å². The van der Waals surface area contributed by atoms with E-state index in [1.54, 1.807) is 0 Å². The summed E-state index contributed by atoms with van der Waals surface area (Å²) in [5, 5.41) is 0. The molecule has 0 aliphatic carbocycles. The van der Waals surface area contributed by atoms with Crippen molar-refractivity contribution in [1.82, 2.24) is 0 Å². The summed E-state index contributed by atoms with van der Waals surface area (Å²) in [4.78, 5) is 2.34. The van der Waals surface area contributed by atoms with Crippen LogP contribution in [0.3, 0.4) is 0 Å². The summed E-state index contributed by atoms with van der Waals surface area (Å²) >= 11 is 0. The Bertz CT molecular complexity index is 980. The van der Waals surface area contributed by atoms with Crippen molar-refractivity contribution in [1.29, 1.82) is 0 Å². The molecule has 0 saturated heterocycles. The highest BCUT2D eigenvalue weighted by Crippen LogP contribution is 2.37. The molecule has 176 valence electrons. The fourth-order valence-electron chi connectivity index (χ4n) is 4.26. The normalized spacial score (nSPS) is 11.8. The zero-order valence-electron chi connectivity index (χ0n) is 21.9. The number of rotatable bonds is 9. The van der Waals surface area contributed by atoms with E-state index in [0.717, 1.165) is 17.7 Å². The molecule has 0 heterocycles. The number of nitrogens with zero attached hydrogens (tertiary/aromatic N) is 1. The largest absolute Gasteiger partial charge is 0.310 e. The molecule has 0 aromatic heterocycles. The van der Waals surface area contributed by atoms with E-state index in [1.165, 1.54) is 35.3 Å². The molecule has 0 radical (unpaired) electrons. The lowest BCUT2D eigenvalue weighted by Crippen LogP contribution is -2.17. The Morgan fingerprint density at radius 2 is 1.42 bits per heavy atom. The van der Waals surface area contributed by atoms with E-state index in [4.69, 9.17) is 0 Å². The van der Waals surface area contributed by atoms with Gasteiger partial charge in [-0.3, -0.25) is 0 Å². The minimum absolute atomic E-state index is 0.193. The molecular formula is C32H43N. The second-order valence-electron chi connectivity index (χ2n) is 9.22. The van der Waals surface area contributed by atoms with Crippen LogP contribution in [0.5, 0.6) is 0 Å². The first-order valence-corrected chi connectivity index (χ1v) is 12.6. The Morgan fingerprint density at radius 1 is 0.848 bits per heavy atom. The molecule has 0 aliphatic rings. The third-order valence-corrected chi connectivity index (χ3v) is 6.48. The maximum atomic E-state index is 3.95. The summed E-state index contributed by atoms with van der Waals surface area (Å²) in [7, 11) is 0. The monoisotopic (exact) mass is 441 g/mol. The van der Waals surface area contributed by atoms with Gasteiger partial charge >= 0.3 is 0 Å². The lowest BCUT2D eigenvalue weighted by Gasteiger charge is -2.28. The van der Waals surface area contributed by atoms with Gasteiger partial charge in [-0.2, -0.15) is 0 Å². The molecule has 0 bridgehead atoms. The lowest BCUT2D eigenvalue weighted by atomic mass is 9.81. The Kier molecular flexibility index (Phi) is 9.97. The van der Waals surface area contributed by atoms with Crippen molar-refractivity contribution in [2.24, 2.45) is 0 Å². The van der Waals surface area contributed by atoms with Gasteiger partial charge in [-0.15, -0.1) is 0 Å². The van der Waals surface area contributed by atoms with Crippen LogP contribution in [0, 0.1) is 0 Å². The first kappa shape index (κ1) is 26.5. The number of benzene rings is 3. The van der Waals surface area contributed by atoms with Gasteiger partial charge in [-0.1, -0.05) is 104 Å². The van der Waals surface area contributed by atoms with Gasteiger partial charge in [-0.05, 0) is 77.3 Å². The van der Waals surface area contributed by atoms with Crippen molar-refractivity contribution in [3.8, 4) is 0 Å². The van der Waals surface area contributed by atoms with Crippen LogP contribution in [-0.4, -0.2) is 0 Å². The van der Waals surface area contributed by atoms with Gasteiger partial charge in [0.1, 0.15) is 0 Å². The van der Waals surface area contributed by atoms with Gasteiger partial charge in [0.25, 0.3) is 0 Å². The highest BCUT2D eigenvalue weighted by Gasteiger charge is 2.20. The molecule has 0 spiro atoms. The summed E-state index contributed by atoms with van der Waals surface area (Å²) in [5.74, 6) is 0.576. The van der Waals surface area contributed by atoms with Gasteiger partial charge in [0.15, 0.2) is 0 Å². The molecule has 0 aliphatic heterocycles. The fraction of sp³-hybridized carbons (Fsp3) is 0.375. The summed E-state index contributed by atoms with van der Waals surface area (Å²) in [6, 6.07) is 26.7. The van der Waals surface area contributed by atoms with E-state index in [0.29, 0.717) is 5.92 Å². The number of hydrogen-bond acceptors (Lipinski definition) is 1. The summed E-state index contributed by atoms with van der Waals surface area (Å²) in [6.45, 7) is 19.4. The van der Waals surface area contributed by atoms with Crippen LogP contribution in [0.25, 0.3) is 6.08 Å². The molecular weight excluding hydrogens is 398 g/mol. The quantitative estimate of drug-likeness (QED) is 0.319. The molecule has 1 atom stereocenters. The SMILES string of the molecule is C=Cc1cccc(N(c2ccc(C(C)CC)cc2)c2ccc(C(C)(C)CCC)cc2)c1.CC. The van der Waals surface area contributed by atoms with Crippen LogP contribution in [0.1, 0.15) is 90.3 Å². The molecule has 1 nitrogen and oxygen atoms in total. The lowest BCUT2D eigenvalue weighted by molar-refractivity contribution is 0.473. The van der Waals surface area contributed by atoms with Crippen molar-refractivity contribution < 1.29 is 0 Å². The predicted molar refractivity (Wildman–Crippen MR) is 149 cm³/mol. The van der Waals surface area contributed by atoms with Gasteiger partial charge < -0.3 is 4.90 Å². The van der Waals surface area contributed by atoms with Gasteiger partial charge in [0.2, 0.25) is 0 Å². The second kappa shape index (κ2) is 12.4. The highest BCUT2D eigenvalue weighted by atomic mass is 15.1. The first-order valence-electron chi connectivity index (χ1n) is 12.6. The predicted octanol–water partition coefficient (Wildman–Crippen LogP) is 10.4. The van der Waals surface area contributed by atoms with Crippen LogP contribution in [0.2, 0.25) is 0 Å². The molecule has 1 heteroatoms. The Morgan fingerprint density at radius 3 is 1.94 bits per heavy atom. The van der Waals surface area contributed by atoms with Crippen molar-refractivity contribution in [2.45, 2.75) is 79.1 Å². The molecule has 33 heavy (non-hydrogen) atoms. The first-order chi connectivity index (χ1) is 15.9. The summed E-state index contributed by atoms with van der Waals surface area (Å²) in [5.41, 5.74) is 7.60. The van der Waals surface area contributed by atoms with Gasteiger partial charge in [0, 0.05) is 17.1 Å². The zero-order chi connectivity index (χ0) is 24.4. The molecule has 3 aromatic rings.